The first kappa shape index (κ1) is 21.9. The Morgan fingerprint density at radius 2 is 2.06 bits per heavy atom. The van der Waals surface area contributed by atoms with E-state index in [4.69, 9.17) is 4.74 Å². The first-order valence-corrected chi connectivity index (χ1v) is 10.9. The highest BCUT2D eigenvalue weighted by molar-refractivity contribution is 5.87. The fraction of sp³-hybridized carbons (Fsp3) is 0.435. The van der Waals surface area contributed by atoms with E-state index in [1.807, 2.05) is 12.1 Å². The summed E-state index contributed by atoms with van der Waals surface area (Å²) in [6, 6.07) is 8.11. The molecule has 0 spiro atoms. The standard InChI is InChI=1S/C23H29N7O2/c1-16-4-3-5-18(12-16)28-22-21-19(26-15-27-22)13-25-23(29-21)24-9-6-17-7-10-30(11-8-17)14-20(31)32-2/h3-5,12-13,15,17H,6-11,14H2,1-2H3,(H,24,25,29)(H,26,27,28). The zero-order chi connectivity index (χ0) is 22.3. The predicted octanol–water partition coefficient (Wildman–Crippen LogP) is 3.16. The number of benzene rings is 1. The van der Waals surface area contributed by atoms with Gasteiger partial charge < -0.3 is 15.4 Å². The van der Waals surface area contributed by atoms with E-state index >= 15 is 0 Å². The number of rotatable bonds is 8. The molecule has 1 fully saturated rings. The molecular formula is C23H29N7O2. The number of esters is 1. The van der Waals surface area contributed by atoms with Crippen molar-refractivity contribution in [2.24, 2.45) is 5.92 Å². The van der Waals surface area contributed by atoms with E-state index in [0.29, 0.717) is 35.3 Å². The second kappa shape index (κ2) is 10.3. The SMILES string of the molecule is COC(=O)CN1CCC(CCNc2ncc3ncnc(Nc4cccc(C)c4)c3n2)CC1. The number of anilines is 3. The maximum atomic E-state index is 11.4. The number of piperidine rings is 1. The van der Waals surface area contributed by atoms with Crippen molar-refractivity contribution in [3.8, 4) is 0 Å². The molecule has 0 bridgehead atoms. The van der Waals surface area contributed by atoms with Gasteiger partial charge >= 0.3 is 5.97 Å². The highest BCUT2D eigenvalue weighted by atomic mass is 16.5. The van der Waals surface area contributed by atoms with Crippen LogP contribution in [0, 0.1) is 12.8 Å². The molecule has 9 heteroatoms. The molecule has 2 aromatic heterocycles. The quantitative estimate of drug-likeness (QED) is 0.516. The molecule has 0 atom stereocenters. The molecular weight excluding hydrogens is 406 g/mol. The molecule has 3 aromatic rings. The Hall–Kier alpha value is -3.33. The Balaban J connectivity index is 1.33. The Kier molecular flexibility index (Phi) is 7.06. The van der Waals surface area contributed by atoms with Crippen molar-refractivity contribution < 1.29 is 9.53 Å². The van der Waals surface area contributed by atoms with Gasteiger partial charge in [-0.05, 0) is 62.9 Å². The summed E-state index contributed by atoms with van der Waals surface area (Å²) in [7, 11) is 1.43. The van der Waals surface area contributed by atoms with E-state index < -0.39 is 0 Å². The molecule has 0 radical (unpaired) electrons. The van der Waals surface area contributed by atoms with Crippen molar-refractivity contribution >= 4 is 34.5 Å². The van der Waals surface area contributed by atoms with Crippen LogP contribution < -0.4 is 10.6 Å². The second-order valence-electron chi connectivity index (χ2n) is 8.16. The highest BCUT2D eigenvalue weighted by Crippen LogP contribution is 2.23. The molecule has 0 saturated carbocycles. The molecule has 168 valence electrons. The van der Waals surface area contributed by atoms with E-state index in [9.17, 15) is 4.79 Å². The van der Waals surface area contributed by atoms with Crippen molar-refractivity contribution in [3.05, 3.63) is 42.4 Å². The van der Waals surface area contributed by atoms with Gasteiger partial charge in [0, 0.05) is 12.2 Å². The number of nitrogens with zero attached hydrogens (tertiary/aromatic N) is 5. The fourth-order valence-corrected chi connectivity index (χ4v) is 3.96. The van der Waals surface area contributed by atoms with Crippen molar-refractivity contribution in [2.45, 2.75) is 26.2 Å². The number of carbonyl (C=O) groups is 1. The van der Waals surface area contributed by atoms with Gasteiger partial charge in [-0.15, -0.1) is 0 Å². The van der Waals surface area contributed by atoms with Crippen molar-refractivity contribution in [2.75, 3.05) is 43.9 Å². The van der Waals surface area contributed by atoms with Gasteiger partial charge in [-0.2, -0.15) is 0 Å². The van der Waals surface area contributed by atoms with Crippen molar-refractivity contribution in [1.29, 1.82) is 0 Å². The molecule has 2 N–H and O–H groups in total. The predicted molar refractivity (Wildman–Crippen MR) is 124 cm³/mol. The van der Waals surface area contributed by atoms with Crippen LogP contribution in [-0.4, -0.2) is 64.1 Å². The summed E-state index contributed by atoms with van der Waals surface area (Å²) in [6.45, 7) is 5.08. The summed E-state index contributed by atoms with van der Waals surface area (Å²) >= 11 is 0. The lowest BCUT2D eigenvalue weighted by atomic mass is 9.93. The summed E-state index contributed by atoms with van der Waals surface area (Å²) in [5, 5.41) is 6.68. The van der Waals surface area contributed by atoms with Gasteiger partial charge in [-0.3, -0.25) is 9.69 Å². The van der Waals surface area contributed by atoms with Gasteiger partial charge in [0.15, 0.2) is 5.82 Å². The van der Waals surface area contributed by atoms with Gasteiger partial charge in [0.1, 0.15) is 17.4 Å². The number of hydrogen-bond acceptors (Lipinski definition) is 9. The van der Waals surface area contributed by atoms with Crippen LogP contribution in [0.15, 0.2) is 36.8 Å². The van der Waals surface area contributed by atoms with E-state index in [1.54, 1.807) is 6.20 Å². The van der Waals surface area contributed by atoms with Gasteiger partial charge in [-0.25, -0.2) is 19.9 Å². The second-order valence-corrected chi connectivity index (χ2v) is 8.16. The summed E-state index contributed by atoms with van der Waals surface area (Å²) in [5.74, 6) is 1.68. The molecule has 1 saturated heterocycles. The smallest absolute Gasteiger partial charge is 0.319 e. The Morgan fingerprint density at radius 1 is 1.22 bits per heavy atom. The monoisotopic (exact) mass is 435 g/mol. The molecule has 32 heavy (non-hydrogen) atoms. The molecule has 3 heterocycles. The molecule has 4 rings (SSSR count). The van der Waals surface area contributed by atoms with E-state index in [-0.39, 0.29) is 5.97 Å². The summed E-state index contributed by atoms with van der Waals surface area (Å²) < 4.78 is 4.75. The maximum Gasteiger partial charge on any atom is 0.319 e. The van der Waals surface area contributed by atoms with E-state index in [2.05, 4.69) is 54.5 Å². The van der Waals surface area contributed by atoms with Crippen molar-refractivity contribution in [1.82, 2.24) is 24.8 Å². The third kappa shape index (κ3) is 5.67. The van der Waals surface area contributed by atoms with E-state index in [1.165, 1.54) is 19.0 Å². The molecule has 0 amide bonds. The minimum atomic E-state index is -0.168. The number of carbonyl (C=O) groups excluding carboxylic acids is 1. The lowest BCUT2D eigenvalue weighted by Crippen LogP contribution is -2.38. The zero-order valence-corrected chi connectivity index (χ0v) is 18.5. The van der Waals surface area contributed by atoms with Crippen LogP contribution in [0.2, 0.25) is 0 Å². The first-order chi connectivity index (χ1) is 15.6. The van der Waals surface area contributed by atoms with Gasteiger partial charge in [0.05, 0.1) is 19.9 Å². The van der Waals surface area contributed by atoms with E-state index in [0.717, 1.165) is 44.6 Å². The molecule has 9 nitrogen and oxygen atoms in total. The minimum absolute atomic E-state index is 0.168. The summed E-state index contributed by atoms with van der Waals surface area (Å²) in [5.41, 5.74) is 3.50. The number of aryl methyl sites for hydroxylation is 1. The average molecular weight is 436 g/mol. The molecule has 0 unspecified atom stereocenters. The third-order valence-corrected chi connectivity index (χ3v) is 5.78. The topological polar surface area (TPSA) is 105 Å². The molecule has 0 aliphatic carbocycles. The number of hydrogen-bond donors (Lipinski definition) is 2. The van der Waals surface area contributed by atoms with Gasteiger partial charge in [-0.1, -0.05) is 12.1 Å². The first-order valence-electron chi connectivity index (χ1n) is 10.9. The number of nitrogens with one attached hydrogen (secondary N) is 2. The van der Waals surface area contributed by atoms with Crippen LogP contribution in [0.3, 0.4) is 0 Å². The minimum Gasteiger partial charge on any atom is -0.468 e. The fourth-order valence-electron chi connectivity index (χ4n) is 3.96. The Morgan fingerprint density at radius 3 is 2.84 bits per heavy atom. The number of aromatic nitrogens is 4. The number of likely N-dealkylation sites (tertiary alicyclic amines) is 1. The van der Waals surface area contributed by atoms with Crippen LogP contribution in [-0.2, 0) is 9.53 Å². The maximum absolute atomic E-state index is 11.4. The van der Waals surface area contributed by atoms with Crippen LogP contribution >= 0.6 is 0 Å². The van der Waals surface area contributed by atoms with Crippen LogP contribution in [0.5, 0.6) is 0 Å². The lowest BCUT2D eigenvalue weighted by Gasteiger charge is -2.31. The zero-order valence-electron chi connectivity index (χ0n) is 18.5. The van der Waals surface area contributed by atoms with Gasteiger partial charge in [0.2, 0.25) is 5.95 Å². The Labute approximate surface area is 187 Å². The van der Waals surface area contributed by atoms with Crippen molar-refractivity contribution in [3.63, 3.8) is 0 Å². The largest absolute Gasteiger partial charge is 0.468 e. The van der Waals surface area contributed by atoms with Gasteiger partial charge in [0.25, 0.3) is 0 Å². The highest BCUT2D eigenvalue weighted by Gasteiger charge is 2.20. The summed E-state index contributed by atoms with van der Waals surface area (Å²) in [6.07, 6.45) is 6.43. The molecule has 1 aliphatic rings. The lowest BCUT2D eigenvalue weighted by molar-refractivity contribution is -0.142. The van der Waals surface area contributed by atoms with Crippen LogP contribution in [0.1, 0.15) is 24.8 Å². The normalized spacial score (nSPS) is 14.9. The summed E-state index contributed by atoms with van der Waals surface area (Å²) in [4.78, 5) is 31.3. The Bertz CT molecular complexity index is 1070. The van der Waals surface area contributed by atoms with Crippen LogP contribution in [0.4, 0.5) is 17.5 Å². The molecule has 1 aromatic carbocycles. The average Bonchev–Trinajstić information content (AvgIpc) is 2.80. The number of methoxy groups -OCH3 is 1. The number of ether oxygens (including phenoxy) is 1. The third-order valence-electron chi connectivity index (χ3n) is 5.78. The molecule has 1 aliphatic heterocycles. The van der Waals surface area contributed by atoms with Crippen LogP contribution in [0.25, 0.3) is 11.0 Å². The number of fused-ring (bicyclic) bond motifs is 1.